The maximum Gasteiger partial charge on any atom is 0.283 e. The molecule has 3 rings (SSSR count). The highest BCUT2D eigenvalue weighted by Crippen LogP contribution is 2.30. The fourth-order valence-electron chi connectivity index (χ4n) is 2.49. The molecule has 0 fully saturated rings. The van der Waals surface area contributed by atoms with E-state index in [1.165, 1.54) is 5.56 Å². The Morgan fingerprint density at radius 1 is 1.07 bits per heavy atom. The molecule has 0 radical (unpaired) electrons. The quantitative estimate of drug-likeness (QED) is 0.788. The number of para-hydroxylation sites is 2. The van der Waals surface area contributed by atoms with E-state index in [-0.39, 0.29) is 13.2 Å². The van der Waals surface area contributed by atoms with Gasteiger partial charge < -0.3 is 14.2 Å². The number of benzene rings is 2. The van der Waals surface area contributed by atoms with Crippen LogP contribution in [0.5, 0.6) is 17.2 Å². The minimum Gasteiger partial charge on any atom is -0.485 e. The molecular weight excluding hydrogens is 348 g/mol. The molecule has 2 amide bonds. The average molecular weight is 370 g/mol. The number of ether oxygens (including phenoxy) is 3. The van der Waals surface area contributed by atoms with E-state index in [1.54, 1.807) is 18.2 Å². The van der Waals surface area contributed by atoms with Gasteiger partial charge in [0.2, 0.25) is 6.10 Å². The Balaban J connectivity index is 1.42. The Morgan fingerprint density at radius 2 is 1.78 bits per heavy atom. The summed E-state index contributed by atoms with van der Waals surface area (Å²) in [5.74, 6) is 1.11. The molecule has 0 unspecified atom stereocenters. The summed E-state index contributed by atoms with van der Waals surface area (Å²) in [5.41, 5.74) is 5.81. The van der Waals surface area contributed by atoms with Crippen molar-refractivity contribution < 1.29 is 23.8 Å². The third-order valence-electron chi connectivity index (χ3n) is 4.04. The zero-order valence-electron chi connectivity index (χ0n) is 15.2. The molecule has 2 aromatic carbocycles. The topological polar surface area (TPSA) is 85.9 Å². The highest BCUT2D eigenvalue weighted by atomic mass is 16.6. The second-order valence-corrected chi connectivity index (χ2v) is 6.41. The van der Waals surface area contributed by atoms with Crippen LogP contribution in [0.4, 0.5) is 0 Å². The molecule has 1 atom stereocenters. The standard InChI is InChI=1S/C20H22N2O5/c1-13(2)14-7-9-15(10-8-14)25-12-19(23)21-22-20(24)18-11-26-16-5-3-4-6-17(16)27-18/h3-10,13,18H,11-12H2,1-2H3,(H,21,23)(H,22,24)/t18-/m1/s1. The molecule has 142 valence electrons. The van der Waals surface area contributed by atoms with Crippen molar-refractivity contribution in [3.05, 3.63) is 54.1 Å². The second-order valence-electron chi connectivity index (χ2n) is 6.41. The number of hydrazine groups is 1. The van der Waals surface area contributed by atoms with E-state index < -0.39 is 17.9 Å². The molecule has 2 N–H and O–H groups in total. The number of fused-ring (bicyclic) bond motifs is 1. The van der Waals surface area contributed by atoms with E-state index in [9.17, 15) is 9.59 Å². The number of rotatable bonds is 5. The van der Waals surface area contributed by atoms with Crippen molar-refractivity contribution in [2.45, 2.75) is 25.9 Å². The van der Waals surface area contributed by atoms with Gasteiger partial charge in [0, 0.05) is 0 Å². The van der Waals surface area contributed by atoms with Crippen LogP contribution in [-0.2, 0) is 9.59 Å². The van der Waals surface area contributed by atoms with Crippen LogP contribution in [0.1, 0.15) is 25.3 Å². The number of hydrogen-bond donors (Lipinski definition) is 2. The smallest absolute Gasteiger partial charge is 0.283 e. The van der Waals surface area contributed by atoms with Crippen LogP contribution < -0.4 is 25.1 Å². The Labute approximate surface area is 157 Å². The molecule has 1 heterocycles. The Hall–Kier alpha value is -3.22. The summed E-state index contributed by atoms with van der Waals surface area (Å²) in [6, 6.07) is 14.6. The van der Waals surface area contributed by atoms with Crippen LogP contribution in [0.3, 0.4) is 0 Å². The summed E-state index contributed by atoms with van der Waals surface area (Å²) in [7, 11) is 0. The summed E-state index contributed by atoms with van der Waals surface area (Å²) in [4.78, 5) is 24.0. The van der Waals surface area contributed by atoms with Crippen molar-refractivity contribution >= 4 is 11.8 Å². The van der Waals surface area contributed by atoms with Gasteiger partial charge in [-0.05, 0) is 35.7 Å². The van der Waals surface area contributed by atoms with Gasteiger partial charge in [0.05, 0.1) is 0 Å². The predicted molar refractivity (Wildman–Crippen MR) is 98.7 cm³/mol. The Morgan fingerprint density at radius 3 is 2.48 bits per heavy atom. The fraction of sp³-hybridized carbons (Fsp3) is 0.300. The van der Waals surface area contributed by atoms with Crippen LogP contribution in [0.25, 0.3) is 0 Å². The lowest BCUT2D eigenvalue weighted by atomic mass is 10.0. The first-order valence-electron chi connectivity index (χ1n) is 8.73. The predicted octanol–water partition coefficient (Wildman–Crippen LogP) is 2.18. The van der Waals surface area contributed by atoms with E-state index in [0.717, 1.165) is 0 Å². The van der Waals surface area contributed by atoms with Gasteiger partial charge in [0.25, 0.3) is 11.8 Å². The summed E-state index contributed by atoms with van der Waals surface area (Å²) in [6.07, 6.45) is -0.843. The highest BCUT2D eigenvalue weighted by molar-refractivity contribution is 5.85. The van der Waals surface area contributed by atoms with Gasteiger partial charge in [0.15, 0.2) is 18.1 Å². The fourth-order valence-corrected chi connectivity index (χ4v) is 2.49. The zero-order chi connectivity index (χ0) is 19.2. The van der Waals surface area contributed by atoms with Crippen molar-refractivity contribution in [2.24, 2.45) is 0 Å². The summed E-state index contributed by atoms with van der Waals surface area (Å²) in [5, 5.41) is 0. The number of carbonyl (C=O) groups is 2. The van der Waals surface area contributed by atoms with Gasteiger partial charge in [-0.2, -0.15) is 0 Å². The lowest BCUT2D eigenvalue weighted by molar-refractivity contribution is -0.135. The first-order valence-corrected chi connectivity index (χ1v) is 8.73. The Bertz CT molecular complexity index is 804. The highest BCUT2D eigenvalue weighted by Gasteiger charge is 2.27. The molecule has 0 saturated heterocycles. The van der Waals surface area contributed by atoms with E-state index in [1.807, 2.05) is 30.3 Å². The van der Waals surface area contributed by atoms with E-state index >= 15 is 0 Å². The van der Waals surface area contributed by atoms with E-state index in [4.69, 9.17) is 14.2 Å². The minimum absolute atomic E-state index is 0.0669. The molecule has 0 aliphatic carbocycles. The first kappa shape index (κ1) is 18.6. The SMILES string of the molecule is CC(C)c1ccc(OCC(=O)NNC(=O)[C@H]2COc3ccccc3O2)cc1. The van der Waals surface area contributed by atoms with Crippen molar-refractivity contribution in [3.63, 3.8) is 0 Å². The average Bonchev–Trinajstić information content (AvgIpc) is 2.70. The van der Waals surface area contributed by atoms with Crippen LogP contribution >= 0.6 is 0 Å². The van der Waals surface area contributed by atoms with Crippen molar-refractivity contribution in [1.29, 1.82) is 0 Å². The maximum atomic E-state index is 12.1. The van der Waals surface area contributed by atoms with Gasteiger partial charge >= 0.3 is 0 Å². The van der Waals surface area contributed by atoms with Crippen molar-refractivity contribution in [3.8, 4) is 17.2 Å². The van der Waals surface area contributed by atoms with Crippen LogP contribution in [0.15, 0.2) is 48.5 Å². The minimum atomic E-state index is -0.843. The van der Waals surface area contributed by atoms with Crippen LogP contribution in [-0.4, -0.2) is 31.1 Å². The van der Waals surface area contributed by atoms with Gasteiger partial charge in [0.1, 0.15) is 12.4 Å². The molecular formula is C20H22N2O5. The molecule has 7 nitrogen and oxygen atoms in total. The molecule has 7 heteroatoms. The molecule has 1 aliphatic heterocycles. The van der Waals surface area contributed by atoms with Gasteiger partial charge in [-0.1, -0.05) is 38.1 Å². The maximum absolute atomic E-state index is 12.1. The molecule has 27 heavy (non-hydrogen) atoms. The normalized spacial score (nSPS) is 15.1. The summed E-state index contributed by atoms with van der Waals surface area (Å²) < 4.78 is 16.4. The lowest BCUT2D eigenvalue weighted by Crippen LogP contribution is -2.51. The third kappa shape index (κ3) is 4.91. The van der Waals surface area contributed by atoms with Gasteiger partial charge in [-0.15, -0.1) is 0 Å². The third-order valence-corrected chi connectivity index (χ3v) is 4.04. The summed E-state index contributed by atoms with van der Waals surface area (Å²) in [6.45, 7) is 4.06. The zero-order valence-corrected chi connectivity index (χ0v) is 15.2. The molecule has 0 spiro atoms. The monoisotopic (exact) mass is 370 g/mol. The molecule has 0 bridgehead atoms. The van der Waals surface area contributed by atoms with E-state index in [0.29, 0.717) is 23.2 Å². The number of hydrogen-bond acceptors (Lipinski definition) is 5. The molecule has 1 aliphatic rings. The summed E-state index contributed by atoms with van der Waals surface area (Å²) >= 11 is 0. The Kier molecular flexibility index (Phi) is 5.80. The largest absolute Gasteiger partial charge is 0.485 e. The second kappa shape index (κ2) is 8.44. The van der Waals surface area contributed by atoms with Crippen molar-refractivity contribution in [2.75, 3.05) is 13.2 Å². The van der Waals surface area contributed by atoms with E-state index in [2.05, 4.69) is 24.7 Å². The number of carbonyl (C=O) groups excluding carboxylic acids is 2. The number of nitrogens with one attached hydrogen (secondary N) is 2. The number of amides is 2. The molecule has 2 aromatic rings. The van der Waals surface area contributed by atoms with Gasteiger partial charge in [-0.25, -0.2) is 0 Å². The van der Waals surface area contributed by atoms with Crippen LogP contribution in [0, 0.1) is 0 Å². The van der Waals surface area contributed by atoms with Crippen LogP contribution in [0.2, 0.25) is 0 Å². The van der Waals surface area contributed by atoms with Crippen molar-refractivity contribution in [1.82, 2.24) is 10.9 Å². The lowest BCUT2D eigenvalue weighted by Gasteiger charge is -2.25. The first-order chi connectivity index (χ1) is 13.0. The molecule has 0 aromatic heterocycles. The van der Waals surface area contributed by atoms with Gasteiger partial charge in [-0.3, -0.25) is 20.4 Å². The molecule has 0 saturated carbocycles.